The monoisotopic (exact) mass is 270 g/mol. The van der Waals surface area contributed by atoms with E-state index in [0.717, 1.165) is 16.8 Å². The molecule has 0 aliphatic carbocycles. The second kappa shape index (κ2) is 6.56. The lowest BCUT2D eigenvalue weighted by molar-refractivity contribution is 0.572. The quantitative estimate of drug-likeness (QED) is 0.496. The van der Waals surface area contributed by atoms with Crippen molar-refractivity contribution in [1.29, 1.82) is 0 Å². The molecular weight excluding hydrogens is 252 g/mol. The zero-order chi connectivity index (χ0) is 14.4. The van der Waals surface area contributed by atoms with Crippen LogP contribution in [0.15, 0.2) is 58.2 Å². The van der Waals surface area contributed by atoms with Gasteiger partial charge in [0.05, 0.1) is 6.54 Å². The molecule has 0 amide bonds. The van der Waals surface area contributed by atoms with Crippen LogP contribution in [0.5, 0.6) is 0 Å². The third-order valence-electron chi connectivity index (χ3n) is 2.56. The lowest BCUT2D eigenvalue weighted by atomic mass is 10.2. The number of guanidine groups is 1. The van der Waals surface area contributed by atoms with Crippen LogP contribution in [0, 0.1) is 0 Å². The number of nitrogens with one attached hydrogen (secondary N) is 1. The minimum Gasteiger partial charge on any atom is -0.444 e. The van der Waals surface area contributed by atoms with Gasteiger partial charge in [-0.05, 0) is 19.1 Å². The molecule has 0 atom stereocenters. The number of benzene rings is 1. The number of nitrogens with zero attached hydrogens (tertiary/aromatic N) is 2. The molecule has 20 heavy (non-hydrogen) atoms. The second-order valence-corrected chi connectivity index (χ2v) is 4.52. The van der Waals surface area contributed by atoms with Crippen molar-refractivity contribution in [3.63, 3.8) is 0 Å². The number of aromatic nitrogens is 1. The van der Waals surface area contributed by atoms with Crippen LogP contribution in [-0.2, 0) is 6.54 Å². The van der Waals surface area contributed by atoms with E-state index in [9.17, 15) is 0 Å². The number of nitrogens with two attached hydrogens (primary N) is 1. The number of rotatable bonds is 5. The molecule has 0 fully saturated rings. The Kier molecular flexibility index (Phi) is 4.55. The van der Waals surface area contributed by atoms with Crippen LogP contribution < -0.4 is 11.1 Å². The van der Waals surface area contributed by atoms with Crippen LogP contribution in [0.3, 0.4) is 0 Å². The van der Waals surface area contributed by atoms with Crippen LogP contribution in [0.25, 0.3) is 11.5 Å². The molecule has 3 N–H and O–H groups in total. The maximum absolute atomic E-state index is 5.73. The molecule has 0 radical (unpaired) electrons. The summed E-state index contributed by atoms with van der Waals surface area (Å²) in [6, 6.07) is 9.72. The topological polar surface area (TPSA) is 76.4 Å². The first kappa shape index (κ1) is 13.9. The summed E-state index contributed by atoms with van der Waals surface area (Å²) in [5.74, 6) is 0.960. The van der Waals surface area contributed by atoms with Crippen molar-refractivity contribution in [2.24, 2.45) is 10.7 Å². The highest BCUT2D eigenvalue weighted by Gasteiger charge is 2.05. The molecule has 1 aromatic carbocycles. The van der Waals surface area contributed by atoms with Gasteiger partial charge in [-0.25, -0.2) is 9.98 Å². The third-order valence-corrected chi connectivity index (χ3v) is 2.56. The first-order valence-electron chi connectivity index (χ1n) is 6.33. The van der Waals surface area contributed by atoms with E-state index in [1.165, 1.54) is 0 Å². The fourth-order valence-corrected chi connectivity index (χ4v) is 1.56. The lowest BCUT2D eigenvalue weighted by Gasteiger charge is -2.03. The van der Waals surface area contributed by atoms with Crippen molar-refractivity contribution in [3.8, 4) is 11.5 Å². The van der Waals surface area contributed by atoms with Crippen molar-refractivity contribution in [3.05, 3.63) is 54.4 Å². The van der Waals surface area contributed by atoms with E-state index in [1.807, 2.05) is 37.3 Å². The highest BCUT2D eigenvalue weighted by molar-refractivity contribution is 5.78. The van der Waals surface area contributed by atoms with Gasteiger partial charge in [-0.15, -0.1) is 0 Å². The number of aliphatic imine (C=N–C) groups is 1. The van der Waals surface area contributed by atoms with Crippen molar-refractivity contribution in [2.75, 3.05) is 6.54 Å². The van der Waals surface area contributed by atoms with E-state index in [4.69, 9.17) is 10.2 Å². The summed E-state index contributed by atoms with van der Waals surface area (Å²) < 4.78 is 5.43. The molecular formula is C15H18N4O. The van der Waals surface area contributed by atoms with Gasteiger partial charge in [0.25, 0.3) is 0 Å². The van der Waals surface area contributed by atoms with Gasteiger partial charge in [0.1, 0.15) is 12.0 Å². The first-order valence-corrected chi connectivity index (χ1v) is 6.33. The SMILES string of the molecule is C=C(C)CNC(N)=NCc1coc(-c2ccccc2)n1. The van der Waals surface area contributed by atoms with E-state index in [0.29, 0.717) is 24.9 Å². The van der Waals surface area contributed by atoms with Crippen LogP contribution in [-0.4, -0.2) is 17.5 Å². The normalized spacial score (nSPS) is 11.3. The highest BCUT2D eigenvalue weighted by atomic mass is 16.3. The Hall–Kier alpha value is -2.56. The molecule has 0 aliphatic heterocycles. The molecule has 5 heteroatoms. The van der Waals surface area contributed by atoms with Gasteiger partial charge in [0.2, 0.25) is 5.89 Å². The van der Waals surface area contributed by atoms with Gasteiger partial charge in [0, 0.05) is 12.1 Å². The van der Waals surface area contributed by atoms with Gasteiger partial charge in [-0.1, -0.05) is 30.4 Å². The summed E-state index contributed by atoms with van der Waals surface area (Å²) in [6.45, 7) is 6.70. The number of hydrogen-bond donors (Lipinski definition) is 2. The van der Waals surface area contributed by atoms with Gasteiger partial charge in [-0.3, -0.25) is 0 Å². The van der Waals surface area contributed by atoms with Crippen LogP contribution in [0.1, 0.15) is 12.6 Å². The van der Waals surface area contributed by atoms with Crippen molar-refractivity contribution < 1.29 is 4.42 Å². The molecule has 0 unspecified atom stereocenters. The van der Waals surface area contributed by atoms with E-state index in [-0.39, 0.29) is 0 Å². The third kappa shape index (κ3) is 3.98. The molecule has 0 bridgehead atoms. The summed E-state index contributed by atoms with van der Waals surface area (Å²) in [5, 5.41) is 2.96. The fourth-order valence-electron chi connectivity index (χ4n) is 1.56. The Balaban J connectivity index is 1.96. The smallest absolute Gasteiger partial charge is 0.226 e. The minimum absolute atomic E-state index is 0.372. The van der Waals surface area contributed by atoms with E-state index in [1.54, 1.807) is 6.26 Å². The Bertz CT molecular complexity index is 601. The average Bonchev–Trinajstić information content (AvgIpc) is 2.93. The van der Waals surface area contributed by atoms with Gasteiger partial charge < -0.3 is 15.5 Å². The minimum atomic E-state index is 0.372. The number of hydrogen-bond acceptors (Lipinski definition) is 3. The van der Waals surface area contributed by atoms with Gasteiger partial charge in [0.15, 0.2) is 5.96 Å². The standard InChI is InChI=1S/C15H18N4O/c1-11(2)8-17-15(16)18-9-13-10-20-14(19-13)12-6-4-3-5-7-12/h3-7,10H,1,8-9H2,2H3,(H3,16,17,18). The van der Waals surface area contributed by atoms with Crippen molar-refractivity contribution in [2.45, 2.75) is 13.5 Å². The molecule has 5 nitrogen and oxygen atoms in total. The second-order valence-electron chi connectivity index (χ2n) is 4.52. The molecule has 0 saturated carbocycles. The molecule has 1 heterocycles. The predicted molar refractivity (Wildman–Crippen MR) is 80.1 cm³/mol. The lowest BCUT2D eigenvalue weighted by Crippen LogP contribution is -2.32. The maximum Gasteiger partial charge on any atom is 0.226 e. The summed E-state index contributed by atoms with van der Waals surface area (Å²) in [4.78, 5) is 8.57. The Morgan fingerprint density at radius 1 is 1.40 bits per heavy atom. The average molecular weight is 270 g/mol. The summed E-state index contributed by atoms with van der Waals surface area (Å²) in [6.07, 6.45) is 1.60. The van der Waals surface area contributed by atoms with E-state index in [2.05, 4.69) is 21.9 Å². The molecule has 0 aliphatic rings. The predicted octanol–water partition coefficient (Wildman–Crippen LogP) is 2.32. The molecule has 2 aromatic rings. The molecule has 0 saturated heterocycles. The summed E-state index contributed by atoms with van der Waals surface area (Å²) in [5.41, 5.74) is 8.40. The number of oxazole rings is 1. The molecule has 2 rings (SSSR count). The fraction of sp³-hybridized carbons (Fsp3) is 0.200. The Morgan fingerprint density at radius 3 is 2.85 bits per heavy atom. The van der Waals surface area contributed by atoms with E-state index < -0.39 is 0 Å². The summed E-state index contributed by atoms with van der Waals surface area (Å²) >= 11 is 0. The van der Waals surface area contributed by atoms with Crippen LogP contribution in [0.4, 0.5) is 0 Å². The van der Waals surface area contributed by atoms with Crippen molar-refractivity contribution >= 4 is 5.96 Å². The van der Waals surface area contributed by atoms with Crippen LogP contribution in [0.2, 0.25) is 0 Å². The largest absolute Gasteiger partial charge is 0.444 e. The zero-order valence-corrected chi connectivity index (χ0v) is 11.5. The first-order chi connectivity index (χ1) is 9.65. The van der Waals surface area contributed by atoms with Crippen LogP contribution >= 0.6 is 0 Å². The Morgan fingerprint density at radius 2 is 2.15 bits per heavy atom. The Labute approximate surface area is 118 Å². The van der Waals surface area contributed by atoms with Gasteiger partial charge in [-0.2, -0.15) is 0 Å². The zero-order valence-electron chi connectivity index (χ0n) is 11.5. The van der Waals surface area contributed by atoms with Crippen molar-refractivity contribution in [1.82, 2.24) is 10.3 Å². The van der Waals surface area contributed by atoms with E-state index >= 15 is 0 Å². The maximum atomic E-state index is 5.73. The molecule has 0 spiro atoms. The van der Waals surface area contributed by atoms with Gasteiger partial charge >= 0.3 is 0 Å². The summed E-state index contributed by atoms with van der Waals surface area (Å²) in [7, 11) is 0. The molecule has 104 valence electrons. The molecule has 1 aromatic heterocycles. The highest BCUT2D eigenvalue weighted by Crippen LogP contribution is 2.18.